The van der Waals surface area contributed by atoms with Gasteiger partial charge in [0.15, 0.2) is 0 Å². The molecular formula is C23H28O4. The third kappa shape index (κ3) is 2.94. The third-order valence-corrected chi connectivity index (χ3v) is 7.65. The highest BCUT2D eigenvalue weighted by molar-refractivity contribution is 5.89. The normalized spacial score (nSPS) is 38.7. The largest absolute Gasteiger partial charge is 0.469 e. The fourth-order valence-electron chi connectivity index (χ4n) is 6.34. The number of ketones is 2. The Hall–Kier alpha value is -1.97. The molecule has 27 heavy (non-hydrogen) atoms. The van der Waals surface area contributed by atoms with E-state index in [2.05, 4.69) is 19.1 Å². The van der Waals surface area contributed by atoms with Crippen molar-refractivity contribution in [3.63, 3.8) is 0 Å². The number of esters is 1. The van der Waals surface area contributed by atoms with Gasteiger partial charge < -0.3 is 4.74 Å². The second kappa shape index (κ2) is 6.88. The number of hydrogen-bond donors (Lipinski definition) is 0. The SMILES string of the molecule is COC(=O)[C@@H]1CCC(=O)[C@@H]2C3C[C@@H](c4ccccc4)CC(=O)[C@@H]3CC[C@]21C. The van der Waals surface area contributed by atoms with E-state index in [9.17, 15) is 14.4 Å². The molecule has 1 aromatic carbocycles. The monoisotopic (exact) mass is 368 g/mol. The van der Waals surface area contributed by atoms with Crippen LogP contribution in [0.15, 0.2) is 30.3 Å². The van der Waals surface area contributed by atoms with Gasteiger partial charge in [-0.3, -0.25) is 14.4 Å². The molecule has 3 fully saturated rings. The van der Waals surface area contributed by atoms with E-state index in [1.807, 2.05) is 18.2 Å². The van der Waals surface area contributed by atoms with Gasteiger partial charge in [-0.1, -0.05) is 37.3 Å². The minimum atomic E-state index is -0.386. The first-order valence-electron chi connectivity index (χ1n) is 10.1. The highest BCUT2D eigenvalue weighted by atomic mass is 16.5. The van der Waals surface area contributed by atoms with E-state index in [1.165, 1.54) is 12.7 Å². The Kier molecular flexibility index (Phi) is 4.69. The zero-order chi connectivity index (χ0) is 19.2. The molecule has 3 aliphatic carbocycles. The molecule has 0 aromatic heterocycles. The lowest BCUT2D eigenvalue weighted by atomic mass is 9.47. The van der Waals surface area contributed by atoms with Crippen LogP contribution in [0.5, 0.6) is 0 Å². The second-order valence-electron chi connectivity index (χ2n) is 8.89. The van der Waals surface area contributed by atoms with E-state index in [0.717, 1.165) is 19.3 Å². The molecule has 0 aliphatic heterocycles. The molecule has 4 heteroatoms. The van der Waals surface area contributed by atoms with E-state index < -0.39 is 0 Å². The predicted molar refractivity (Wildman–Crippen MR) is 101 cm³/mol. The van der Waals surface area contributed by atoms with Gasteiger partial charge in [0.1, 0.15) is 11.6 Å². The highest BCUT2D eigenvalue weighted by Crippen LogP contribution is 2.59. The smallest absolute Gasteiger partial charge is 0.309 e. The number of carbonyl (C=O) groups is 3. The van der Waals surface area contributed by atoms with Gasteiger partial charge in [-0.25, -0.2) is 0 Å². The number of Topliss-reactive ketones (excluding diaryl/α,β-unsaturated/α-hetero) is 2. The predicted octanol–water partition coefficient (Wildman–Crippen LogP) is 3.93. The van der Waals surface area contributed by atoms with E-state index in [4.69, 9.17) is 4.74 Å². The molecule has 1 unspecified atom stereocenters. The van der Waals surface area contributed by atoms with Crippen LogP contribution in [-0.4, -0.2) is 24.6 Å². The minimum Gasteiger partial charge on any atom is -0.469 e. The van der Waals surface area contributed by atoms with Crippen LogP contribution in [-0.2, 0) is 19.1 Å². The Bertz CT molecular complexity index is 755. The molecule has 6 atom stereocenters. The fourth-order valence-corrected chi connectivity index (χ4v) is 6.34. The number of ether oxygens (including phenoxy) is 1. The maximum absolute atomic E-state index is 13.0. The summed E-state index contributed by atoms with van der Waals surface area (Å²) in [6.07, 6.45) is 3.98. The van der Waals surface area contributed by atoms with Crippen LogP contribution in [0.2, 0.25) is 0 Å². The first-order valence-corrected chi connectivity index (χ1v) is 10.1. The van der Waals surface area contributed by atoms with Gasteiger partial charge in [0, 0.05) is 24.7 Å². The van der Waals surface area contributed by atoms with Gasteiger partial charge in [-0.2, -0.15) is 0 Å². The van der Waals surface area contributed by atoms with Crippen LogP contribution < -0.4 is 0 Å². The first kappa shape index (κ1) is 18.4. The number of methoxy groups -OCH3 is 1. The summed E-state index contributed by atoms with van der Waals surface area (Å²) in [5.74, 6) is 0.106. The summed E-state index contributed by atoms with van der Waals surface area (Å²) in [7, 11) is 1.43. The zero-order valence-corrected chi connectivity index (χ0v) is 16.1. The molecule has 3 saturated carbocycles. The van der Waals surface area contributed by atoms with Gasteiger partial charge in [-0.15, -0.1) is 0 Å². The molecule has 0 amide bonds. The van der Waals surface area contributed by atoms with E-state index in [0.29, 0.717) is 25.0 Å². The fraction of sp³-hybridized carbons (Fsp3) is 0.609. The summed E-state index contributed by atoms with van der Waals surface area (Å²) in [6, 6.07) is 10.2. The summed E-state index contributed by atoms with van der Waals surface area (Å²) >= 11 is 0. The second-order valence-corrected chi connectivity index (χ2v) is 8.89. The number of rotatable bonds is 2. The van der Waals surface area contributed by atoms with Crippen molar-refractivity contribution < 1.29 is 19.1 Å². The standard InChI is InChI=1S/C23H28O4/c1-23-11-10-16-17(21(23)19(24)9-8-18(23)22(26)27-2)12-15(13-20(16)25)14-6-4-3-5-7-14/h3-7,15-18,21H,8-13H2,1-2H3/t15-,16-,17?,18+,21+,23+/m1/s1. The van der Waals surface area contributed by atoms with Gasteiger partial charge in [0.05, 0.1) is 13.0 Å². The van der Waals surface area contributed by atoms with Gasteiger partial charge in [-0.05, 0) is 48.5 Å². The van der Waals surface area contributed by atoms with Crippen molar-refractivity contribution in [2.75, 3.05) is 7.11 Å². The highest BCUT2D eigenvalue weighted by Gasteiger charge is 2.59. The molecule has 4 nitrogen and oxygen atoms in total. The first-order chi connectivity index (χ1) is 13.0. The van der Waals surface area contributed by atoms with Gasteiger partial charge in [0.25, 0.3) is 0 Å². The summed E-state index contributed by atoms with van der Waals surface area (Å²) in [5, 5.41) is 0. The van der Waals surface area contributed by atoms with Crippen LogP contribution in [0.4, 0.5) is 0 Å². The lowest BCUT2D eigenvalue weighted by Gasteiger charge is -2.55. The summed E-state index contributed by atoms with van der Waals surface area (Å²) in [4.78, 5) is 38.4. The van der Waals surface area contributed by atoms with Crippen LogP contribution >= 0.6 is 0 Å². The molecule has 144 valence electrons. The Balaban J connectivity index is 1.69. The Morgan fingerprint density at radius 2 is 1.85 bits per heavy atom. The van der Waals surface area contributed by atoms with Crippen molar-refractivity contribution in [1.82, 2.24) is 0 Å². The summed E-state index contributed by atoms with van der Waals surface area (Å²) < 4.78 is 5.07. The maximum atomic E-state index is 13.0. The minimum absolute atomic E-state index is 0.0246. The van der Waals surface area contributed by atoms with Gasteiger partial charge in [0.2, 0.25) is 0 Å². The lowest BCUT2D eigenvalue weighted by Crippen LogP contribution is -2.56. The van der Waals surface area contributed by atoms with Crippen molar-refractivity contribution in [3.8, 4) is 0 Å². The van der Waals surface area contributed by atoms with Crippen molar-refractivity contribution in [2.45, 2.75) is 51.4 Å². The van der Waals surface area contributed by atoms with Crippen LogP contribution in [0.25, 0.3) is 0 Å². The Labute approximate surface area is 160 Å². The topological polar surface area (TPSA) is 60.4 Å². The molecule has 0 bridgehead atoms. The van der Waals surface area contributed by atoms with Crippen LogP contribution in [0.1, 0.15) is 56.9 Å². The molecule has 0 saturated heterocycles. The number of hydrogen-bond acceptors (Lipinski definition) is 4. The molecular weight excluding hydrogens is 340 g/mol. The van der Waals surface area contributed by atoms with Crippen molar-refractivity contribution >= 4 is 17.5 Å². The third-order valence-electron chi connectivity index (χ3n) is 7.65. The summed E-state index contributed by atoms with van der Waals surface area (Å²) in [5.41, 5.74) is 0.798. The summed E-state index contributed by atoms with van der Waals surface area (Å²) in [6.45, 7) is 2.09. The van der Waals surface area contributed by atoms with E-state index in [1.54, 1.807) is 0 Å². The van der Waals surface area contributed by atoms with Crippen LogP contribution in [0, 0.1) is 29.1 Å². The molecule has 0 spiro atoms. The van der Waals surface area contributed by atoms with Gasteiger partial charge >= 0.3 is 5.97 Å². The van der Waals surface area contributed by atoms with Crippen molar-refractivity contribution in [3.05, 3.63) is 35.9 Å². The Morgan fingerprint density at radius 3 is 2.56 bits per heavy atom. The Morgan fingerprint density at radius 1 is 1.11 bits per heavy atom. The molecule has 1 aromatic rings. The van der Waals surface area contributed by atoms with Crippen LogP contribution in [0.3, 0.4) is 0 Å². The molecule has 0 heterocycles. The molecule has 4 rings (SSSR count). The molecule has 0 radical (unpaired) electrons. The quantitative estimate of drug-likeness (QED) is 0.742. The lowest BCUT2D eigenvalue weighted by molar-refractivity contribution is -0.167. The average molecular weight is 368 g/mol. The maximum Gasteiger partial charge on any atom is 0.309 e. The number of benzene rings is 1. The molecule has 3 aliphatic rings. The average Bonchev–Trinajstić information content (AvgIpc) is 2.67. The molecule has 0 N–H and O–H groups in total. The number of fused-ring (bicyclic) bond motifs is 3. The number of carbonyl (C=O) groups excluding carboxylic acids is 3. The van der Waals surface area contributed by atoms with Crippen molar-refractivity contribution in [2.24, 2.45) is 29.1 Å². The zero-order valence-electron chi connectivity index (χ0n) is 16.1. The van der Waals surface area contributed by atoms with Crippen molar-refractivity contribution in [1.29, 1.82) is 0 Å². The van der Waals surface area contributed by atoms with E-state index in [-0.39, 0.29) is 46.8 Å². The van der Waals surface area contributed by atoms with E-state index >= 15 is 0 Å².